The Morgan fingerprint density at radius 1 is 1.50 bits per heavy atom. The molecule has 1 aromatic heterocycles. The number of hydrogen-bond acceptors (Lipinski definition) is 6. The Kier molecular flexibility index (Phi) is 4.82. The first-order chi connectivity index (χ1) is 9.52. The molecule has 0 aromatic carbocycles. The topological polar surface area (TPSA) is 74.5 Å². The van der Waals surface area contributed by atoms with Gasteiger partial charge in [0.2, 0.25) is 0 Å². The molecule has 3 N–H and O–H groups in total. The van der Waals surface area contributed by atoms with Crippen molar-refractivity contribution in [3.8, 4) is 0 Å². The number of rotatable bonds is 4. The number of piperidine rings is 1. The first kappa shape index (κ1) is 15.1. The van der Waals surface area contributed by atoms with Gasteiger partial charge >= 0.3 is 0 Å². The minimum absolute atomic E-state index is 0.0151. The first-order valence-electron chi connectivity index (χ1n) is 6.98. The maximum atomic E-state index is 12.5. The molecule has 2 heterocycles. The predicted octanol–water partition coefficient (Wildman–Crippen LogP) is 1.32. The van der Waals surface area contributed by atoms with Crippen molar-refractivity contribution in [2.24, 2.45) is 0 Å². The Bertz CT molecular complexity index is 465. The van der Waals surface area contributed by atoms with Gasteiger partial charge in [-0.2, -0.15) is 0 Å². The van der Waals surface area contributed by atoms with Gasteiger partial charge < -0.3 is 20.9 Å². The highest BCUT2D eigenvalue weighted by molar-refractivity contribution is 7.18. The highest BCUT2D eigenvalue weighted by Crippen LogP contribution is 2.27. The van der Waals surface area contributed by atoms with Crippen molar-refractivity contribution in [1.29, 1.82) is 0 Å². The van der Waals surface area contributed by atoms with Crippen molar-refractivity contribution in [3.05, 3.63) is 4.88 Å². The fourth-order valence-corrected chi connectivity index (χ4v) is 3.36. The van der Waals surface area contributed by atoms with E-state index in [9.17, 15) is 4.79 Å². The lowest BCUT2D eigenvalue weighted by Gasteiger charge is -2.35. The van der Waals surface area contributed by atoms with Crippen LogP contribution >= 0.6 is 11.3 Å². The average molecular weight is 297 g/mol. The van der Waals surface area contributed by atoms with E-state index >= 15 is 0 Å². The van der Waals surface area contributed by atoms with Crippen molar-refractivity contribution in [2.45, 2.75) is 25.8 Å². The third-order valence-electron chi connectivity index (χ3n) is 3.66. The standard InChI is InChI=1S/C13H23N5OS/c1-4-15-13-16-11(14)10(20-13)12(19)18-7-5-9(6-8-18)17(2)3/h9H,4-8,14H2,1-3H3,(H,15,16). The van der Waals surface area contributed by atoms with E-state index in [1.54, 1.807) is 0 Å². The van der Waals surface area contributed by atoms with Crippen LogP contribution in [0.1, 0.15) is 29.4 Å². The lowest BCUT2D eigenvalue weighted by atomic mass is 10.0. The number of carbonyl (C=O) groups is 1. The molecule has 112 valence electrons. The van der Waals surface area contributed by atoms with Gasteiger partial charge in [0.05, 0.1) is 0 Å². The minimum Gasteiger partial charge on any atom is -0.382 e. The second kappa shape index (κ2) is 6.41. The normalized spacial score (nSPS) is 16.7. The van der Waals surface area contributed by atoms with E-state index in [-0.39, 0.29) is 5.91 Å². The van der Waals surface area contributed by atoms with Crippen molar-refractivity contribution in [1.82, 2.24) is 14.8 Å². The highest BCUT2D eigenvalue weighted by atomic mass is 32.1. The number of amides is 1. The van der Waals surface area contributed by atoms with Crippen LogP contribution in [-0.4, -0.2) is 60.5 Å². The molecule has 7 heteroatoms. The summed E-state index contributed by atoms with van der Waals surface area (Å²) < 4.78 is 0. The van der Waals surface area contributed by atoms with E-state index in [0.29, 0.717) is 16.7 Å². The van der Waals surface area contributed by atoms with Gasteiger partial charge in [0.1, 0.15) is 10.7 Å². The predicted molar refractivity (Wildman–Crippen MR) is 83.3 cm³/mol. The van der Waals surface area contributed by atoms with Crippen LogP contribution in [0, 0.1) is 0 Å². The van der Waals surface area contributed by atoms with Crippen molar-refractivity contribution >= 4 is 28.2 Å². The molecule has 1 aliphatic rings. The van der Waals surface area contributed by atoms with Gasteiger partial charge in [-0.25, -0.2) is 4.98 Å². The molecule has 1 fully saturated rings. The number of nitrogens with two attached hydrogens (primary N) is 1. The second-order valence-electron chi connectivity index (χ2n) is 5.25. The summed E-state index contributed by atoms with van der Waals surface area (Å²) >= 11 is 1.34. The summed E-state index contributed by atoms with van der Waals surface area (Å²) in [5.41, 5.74) is 5.86. The van der Waals surface area contributed by atoms with Crippen LogP contribution in [0.25, 0.3) is 0 Å². The minimum atomic E-state index is 0.0151. The molecular formula is C13H23N5OS. The number of aromatic nitrogens is 1. The molecule has 0 saturated carbocycles. The Hall–Kier alpha value is -1.34. The van der Waals surface area contributed by atoms with Crippen LogP contribution in [0.4, 0.5) is 10.9 Å². The highest BCUT2D eigenvalue weighted by Gasteiger charge is 2.27. The molecule has 1 saturated heterocycles. The van der Waals surface area contributed by atoms with E-state index in [1.165, 1.54) is 11.3 Å². The lowest BCUT2D eigenvalue weighted by molar-refractivity contribution is 0.0669. The zero-order valence-corrected chi connectivity index (χ0v) is 13.2. The number of thiazole rings is 1. The Balaban J connectivity index is 2.01. The van der Waals surface area contributed by atoms with E-state index in [1.807, 2.05) is 11.8 Å². The van der Waals surface area contributed by atoms with Crippen molar-refractivity contribution in [3.63, 3.8) is 0 Å². The molecule has 0 aliphatic carbocycles. The number of carbonyl (C=O) groups excluding carboxylic acids is 1. The molecule has 2 rings (SSSR count). The second-order valence-corrected chi connectivity index (χ2v) is 6.25. The zero-order chi connectivity index (χ0) is 14.7. The zero-order valence-electron chi connectivity index (χ0n) is 12.3. The van der Waals surface area contributed by atoms with E-state index in [0.717, 1.165) is 37.6 Å². The Morgan fingerprint density at radius 2 is 2.15 bits per heavy atom. The molecule has 6 nitrogen and oxygen atoms in total. The molecule has 1 amide bonds. The van der Waals surface area contributed by atoms with Gasteiger partial charge in [0.15, 0.2) is 5.13 Å². The monoisotopic (exact) mass is 297 g/mol. The van der Waals surface area contributed by atoms with Crippen LogP contribution in [0.15, 0.2) is 0 Å². The SMILES string of the molecule is CCNc1nc(N)c(C(=O)N2CCC(N(C)C)CC2)s1. The maximum absolute atomic E-state index is 12.5. The molecule has 1 aromatic rings. The molecular weight excluding hydrogens is 274 g/mol. The van der Waals surface area contributed by atoms with E-state index < -0.39 is 0 Å². The number of nitrogen functional groups attached to an aromatic ring is 1. The molecule has 0 bridgehead atoms. The lowest BCUT2D eigenvalue weighted by Crippen LogP contribution is -2.44. The van der Waals surface area contributed by atoms with E-state index in [4.69, 9.17) is 5.73 Å². The summed E-state index contributed by atoms with van der Waals surface area (Å²) in [6, 6.07) is 0.565. The van der Waals surface area contributed by atoms with Gasteiger partial charge in [-0.15, -0.1) is 0 Å². The maximum Gasteiger partial charge on any atom is 0.267 e. The van der Waals surface area contributed by atoms with Crippen LogP contribution < -0.4 is 11.1 Å². The van der Waals surface area contributed by atoms with Gasteiger partial charge in [0.25, 0.3) is 5.91 Å². The smallest absolute Gasteiger partial charge is 0.267 e. The quantitative estimate of drug-likeness (QED) is 0.877. The summed E-state index contributed by atoms with van der Waals surface area (Å²) in [6.45, 7) is 4.34. The van der Waals surface area contributed by atoms with Gasteiger partial charge in [-0.1, -0.05) is 11.3 Å². The summed E-state index contributed by atoms with van der Waals surface area (Å²) in [5.74, 6) is 0.354. The van der Waals surface area contributed by atoms with Crippen LogP contribution in [0.3, 0.4) is 0 Å². The number of hydrogen-bond donors (Lipinski definition) is 2. The Labute approximate surface area is 124 Å². The largest absolute Gasteiger partial charge is 0.382 e. The molecule has 0 radical (unpaired) electrons. The van der Waals surface area contributed by atoms with Crippen LogP contribution in [0.2, 0.25) is 0 Å². The molecule has 20 heavy (non-hydrogen) atoms. The van der Waals surface area contributed by atoms with Gasteiger partial charge in [-0.3, -0.25) is 4.79 Å². The van der Waals surface area contributed by atoms with Crippen LogP contribution in [-0.2, 0) is 0 Å². The third-order valence-corrected chi connectivity index (χ3v) is 4.67. The Morgan fingerprint density at radius 3 is 2.70 bits per heavy atom. The third kappa shape index (κ3) is 3.21. The molecule has 0 unspecified atom stereocenters. The number of anilines is 2. The average Bonchev–Trinajstić information content (AvgIpc) is 2.79. The number of nitrogens with one attached hydrogen (secondary N) is 1. The fourth-order valence-electron chi connectivity index (χ4n) is 2.44. The fraction of sp³-hybridized carbons (Fsp3) is 0.692. The summed E-state index contributed by atoms with van der Waals surface area (Å²) in [5, 5.41) is 3.82. The van der Waals surface area contributed by atoms with Crippen molar-refractivity contribution < 1.29 is 4.79 Å². The van der Waals surface area contributed by atoms with Gasteiger partial charge in [-0.05, 0) is 33.9 Å². The number of likely N-dealkylation sites (tertiary alicyclic amines) is 1. The summed E-state index contributed by atoms with van der Waals surface area (Å²) in [7, 11) is 4.18. The van der Waals surface area contributed by atoms with E-state index in [2.05, 4.69) is 29.3 Å². The first-order valence-corrected chi connectivity index (χ1v) is 7.80. The van der Waals surface area contributed by atoms with Crippen LogP contribution in [0.5, 0.6) is 0 Å². The van der Waals surface area contributed by atoms with Crippen molar-refractivity contribution in [2.75, 3.05) is 44.8 Å². The summed E-state index contributed by atoms with van der Waals surface area (Å²) in [4.78, 5) is 21.4. The molecule has 0 spiro atoms. The summed E-state index contributed by atoms with van der Waals surface area (Å²) in [6.07, 6.45) is 2.02. The number of nitrogens with zero attached hydrogens (tertiary/aromatic N) is 3. The van der Waals surface area contributed by atoms with Gasteiger partial charge in [0, 0.05) is 25.7 Å². The molecule has 0 atom stereocenters. The molecule has 1 aliphatic heterocycles.